The summed E-state index contributed by atoms with van der Waals surface area (Å²) in [5.41, 5.74) is -0.264. The largest absolute Gasteiger partial charge is 0.462 e. The molecule has 1 fully saturated rings. The average Bonchev–Trinajstić information content (AvgIpc) is 3.19. The van der Waals surface area contributed by atoms with Crippen LogP contribution in [0.2, 0.25) is 0 Å². The summed E-state index contributed by atoms with van der Waals surface area (Å²) < 4.78 is 22.7. The quantitative estimate of drug-likeness (QED) is 0.335. The zero-order valence-electron chi connectivity index (χ0n) is 20.5. The molecule has 4 atom stereocenters. The van der Waals surface area contributed by atoms with Gasteiger partial charge in [0.05, 0.1) is 11.0 Å². The number of unbranched alkanes of at least 4 members (excludes halogenated alkanes) is 5. The SMILES string of the molecule is CCCCCCCCO[C@H]1C[C@@H](OC(=O)c2ccccc2)[C@H]([C@H](O)COC(=O)C(C)(C)C)O1. The Morgan fingerprint density at radius 3 is 2.42 bits per heavy atom. The minimum absolute atomic E-state index is 0.246. The molecule has 0 amide bonds. The number of carbonyl (C=O) groups is 2. The molecule has 0 bridgehead atoms. The molecule has 0 unspecified atom stereocenters. The molecule has 186 valence electrons. The summed E-state index contributed by atoms with van der Waals surface area (Å²) >= 11 is 0. The lowest BCUT2D eigenvalue weighted by atomic mass is 9.97. The van der Waals surface area contributed by atoms with Crippen molar-refractivity contribution in [2.24, 2.45) is 5.41 Å². The van der Waals surface area contributed by atoms with Crippen molar-refractivity contribution in [1.29, 1.82) is 0 Å². The Hall–Kier alpha value is -1.96. The molecule has 33 heavy (non-hydrogen) atoms. The number of aliphatic hydroxyl groups excluding tert-OH is 1. The summed E-state index contributed by atoms with van der Waals surface area (Å²) in [6.07, 6.45) is 3.90. The fourth-order valence-corrected chi connectivity index (χ4v) is 3.55. The van der Waals surface area contributed by atoms with Crippen molar-refractivity contribution >= 4 is 11.9 Å². The molecule has 0 radical (unpaired) electrons. The third-order valence-corrected chi connectivity index (χ3v) is 5.55. The van der Waals surface area contributed by atoms with Crippen LogP contribution >= 0.6 is 0 Å². The Kier molecular flexibility index (Phi) is 11.3. The zero-order chi connectivity index (χ0) is 24.3. The number of rotatable bonds is 13. The standard InChI is InChI=1S/C26H40O7/c1-5-6-7-8-9-13-16-30-22-17-21(32-24(28)19-14-11-10-12-15-19)23(33-22)20(27)18-31-25(29)26(2,3)4/h10-12,14-15,20-23,27H,5-9,13,16-18H2,1-4H3/t20-,21-,22-,23+/m1/s1. The lowest BCUT2D eigenvalue weighted by molar-refractivity contribution is -0.175. The number of esters is 2. The van der Waals surface area contributed by atoms with Gasteiger partial charge in [-0.25, -0.2) is 4.79 Å². The smallest absolute Gasteiger partial charge is 0.338 e. The number of hydrogen-bond donors (Lipinski definition) is 1. The number of carbonyl (C=O) groups excluding carboxylic acids is 2. The van der Waals surface area contributed by atoms with Gasteiger partial charge in [-0.15, -0.1) is 0 Å². The number of hydrogen-bond acceptors (Lipinski definition) is 7. The maximum atomic E-state index is 12.6. The first-order valence-corrected chi connectivity index (χ1v) is 12.1. The molecule has 7 nitrogen and oxygen atoms in total. The second kappa shape index (κ2) is 13.7. The molecule has 0 aromatic heterocycles. The molecular weight excluding hydrogens is 424 g/mol. The van der Waals surface area contributed by atoms with Crippen molar-refractivity contribution in [2.75, 3.05) is 13.2 Å². The molecule has 1 aliphatic rings. The van der Waals surface area contributed by atoms with E-state index in [0.29, 0.717) is 18.6 Å². The first-order chi connectivity index (χ1) is 15.7. The molecule has 2 rings (SSSR count). The molecule has 0 aliphatic carbocycles. The summed E-state index contributed by atoms with van der Waals surface area (Å²) in [6.45, 7) is 7.71. The topological polar surface area (TPSA) is 91.3 Å². The molecule has 1 heterocycles. The van der Waals surface area contributed by atoms with E-state index in [1.807, 2.05) is 6.07 Å². The maximum absolute atomic E-state index is 12.6. The van der Waals surface area contributed by atoms with E-state index in [1.54, 1.807) is 45.0 Å². The van der Waals surface area contributed by atoms with Crippen LogP contribution in [0, 0.1) is 5.41 Å². The average molecular weight is 465 g/mol. The van der Waals surface area contributed by atoms with Gasteiger partial charge < -0.3 is 24.1 Å². The van der Waals surface area contributed by atoms with Crippen LogP contribution in [0.3, 0.4) is 0 Å². The molecule has 0 saturated carbocycles. The van der Waals surface area contributed by atoms with Crippen molar-refractivity contribution < 1.29 is 33.6 Å². The van der Waals surface area contributed by atoms with E-state index < -0.39 is 42.0 Å². The molecule has 7 heteroatoms. The summed E-state index contributed by atoms with van der Waals surface area (Å²) in [5.74, 6) is -0.919. The van der Waals surface area contributed by atoms with Crippen molar-refractivity contribution in [3.8, 4) is 0 Å². The monoisotopic (exact) mass is 464 g/mol. The van der Waals surface area contributed by atoms with Crippen molar-refractivity contribution in [2.45, 2.75) is 97.2 Å². The molecule has 1 N–H and O–H groups in total. The Labute approximate surface area is 197 Å². The van der Waals surface area contributed by atoms with E-state index in [-0.39, 0.29) is 6.61 Å². The second-order valence-electron chi connectivity index (χ2n) is 9.63. The van der Waals surface area contributed by atoms with Crippen LogP contribution < -0.4 is 0 Å². The molecule has 0 spiro atoms. The summed E-state index contributed by atoms with van der Waals surface area (Å²) in [5, 5.41) is 10.7. The second-order valence-corrected chi connectivity index (χ2v) is 9.63. The zero-order valence-corrected chi connectivity index (χ0v) is 20.5. The van der Waals surface area contributed by atoms with Crippen molar-refractivity contribution in [3.05, 3.63) is 35.9 Å². The van der Waals surface area contributed by atoms with E-state index in [2.05, 4.69) is 6.92 Å². The molecule has 1 aromatic carbocycles. The number of ether oxygens (including phenoxy) is 4. The first-order valence-electron chi connectivity index (χ1n) is 12.1. The van der Waals surface area contributed by atoms with Gasteiger partial charge in [0.15, 0.2) is 6.29 Å². The highest BCUT2D eigenvalue weighted by atomic mass is 16.7. The summed E-state index contributed by atoms with van der Waals surface area (Å²) in [7, 11) is 0. The highest BCUT2D eigenvalue weighted by molar-refractivity contribution is 5.89. The van der Waals surface area contributed by atoms with Crippen LogP contribution in [0.5, 0.6) is 0 Å². The van der Waals surface area contributed by atoms with Gasteiger partial charge >= 0.3 is 11.9 Å². The summed E-state index contributed by atoms with van der Waals surface area (Å²) in [6, 6.07) is 8.67. The molecular formula is C26H40O7. The van der Waals surface area contributed by atoms with Gasteiger partial charge in [0.1, 0.15) is 24.9 Å². The van der Waals surface area contributed by atoms with Crippen LogP contribution in [0.1, 0.15) is 83.0 Å². The maximum Gasteiger partial charge on any atom is 0.338 e. The summed E-state index contributed by atoms with van der Waals surface area (Å²) in [4.78, 5) is 24.6. The predicted octanol–water partition coefficient (Wildman–Crippen LogP) is 4.65. The van der Waals surface area contributed by atoms with E-state index in [0.717, 1.165) is 12.8 Å². The van der Waals surface area contributed by atoms with Gasteiger partial charge in [-0.1, -0.05) is 57.2 Å². The van der Waals surface area contributed by atoms with E-state index >= 15 is 0 Å². The highest BCUT2D eigenvalue weighted by Gasteiger charge is 2.43. The van der Waals surface area contributed by atoms with Gasteiger partial charge in [0, 0.05) is 13.0 Å². The van der Waals surface area contributed by atoms with Crippen LogP contribution in [0.15, 0.2) is 30.3 Å². The van der Waals surface area contributed by atoms with Gasteiger partial charge in [-0.3, -0.25) is 4.79 Å². The van der Waals surface area contributed by atoms with Gasteiger partial charge in [0.25, 0.3) is 0 Å². The molecule has 1 aliphatic heterocycles. The van der Waals surface area contributed by atoms with Crippen LogP contribution in [-0.2, 0) is 23.7 Å². The molecule has 1 aromatic rings. The lowest BCUT2D eigenvalue weighted by Crippen LogP contribution is -2.41. The first kappa shape index (κ1) is 27.3. The Bertz CT molecular complexity index is 713. The highest BCUT2D eigenvalue weighted by Crippen LogP contribution is 2.28. The third kappa shape index (κ3) is 9.43. The minimum Gasteiger partial charge on any atom is -0.462 e. The lowest BCUT2D eigenvalue weighted by Gasteiger charge is -2.25. The predicted molar refractivity (Wildman–Crippen MR) is 125 cm³/mol. The Balaban J connectivity index is 1.92. The van der Waals surface area contributed by atoms with Crippen molar-refractivity contribution in [1.82, 2.24) is 0 Å². The number of aliphatic hydroxyl groups is 1. The van der Waals surface area contributed by atoms with Crippen LogP contribution in [0.25, 0.3) is 0 Å². The van der Waals surface area contributed by atoms with Crippen LogP contribution in [0.4, 0.5) is 0 Å². The minimum atomic E-state index is -1.15. The van der Waals surface area contributed by atoms with E-state index in [4.69, 9.17) is 18.9 Å². The van der Waals surface area contributed by atoms with E-state index in [9.17, 15) is 14.7 Å². The van der Waals surface area contributed by atoms with Gasteiger partial charge in [-0.05, 0) is 39.3 Å². The normalized spacial score (nSPS) is 21.5. The fourth-order valence-electron chi connectivity index (χ4n) is 3.55. The van der Waals surface area contributed by atoms with Crippen LogP contribution in [-0.4, -0.2) is 54.9 Å². The van der Waals surface area contributed by atoms with E-state index in [1.165, 1.54) is 25.7 Å². The third-order valence-electron chi connectivity index (χ3n) is 5.55. The Morgan fingerprint density at radius 2 is 1.76 bits per heavy atom. The Morgan fingerprint density at radius 1 is 1.09 bits per heavy atom. The van der Waals surface area contributed by atoms with Gasteiger partial charge in [0.2, 0.25) is 0 Å². The van der Waals surface area contributed by atoms with Crippen molar-refractivity contribution in [3.63, 3.8) is 0 Å². The fraction of sp³-hybridized carbons (Fsp3) is 0.692. The van der Waals surface area contributed by atoms with Gasteiger partial charge in [-0.2, -0.15) is 0 Å². The number of benzene rings is 1. The molecule has 1 saturated heterocycles.